The molecule has 0 bridgehead atoms. The zero-order valence-corrected chi connectivity index (χ0v) is 15.7. The molecule has 2 rings (SSSR count). The molecule has 0 saturated heterocycles. The van der Waals surface area contributed by atoms with Crippen molar-refractivity contribution >= 4 is 16.8 Å². The zero-order valence-electron chi connectivity index (χ0n) is 14.9. The minimum absolute atomic E-state index is 0.483. The molecule has 3 atom stereocenters. The van der Waals surface area contributed by atoms with Gasteiger partial charge in [-0.3, -0.25) is 9.00 Å². The smallest absolute Gasteiger partial charge is 0.325 e. The van der Waals surface area contributed by atoms with Crippen molar-refractivity contribution < 1.29 is 18.8 Å². The maximum Gasteiger partial charge on any atom is 0.325 e. The lowest BCUT2D eigenvalue weighted by atomic mass is 10.1. The Bertz CT molecular complexity index is 733. The standard InChI is InChI=1S/C20H24O4S/c1-14-10-12-16(13-11-14)25(23)18(19(22)24-20(2,3)4)17(21)15-8-6-5-7-9-15/h5-13,17-18,21H,1-4H3/t17-,18+,25?/m1/s1. The maximum absolute atomic E-state index is 13.0. The fourth-order valence-electron chi connectivity index (χ4n) is 2.34. The van der Waals surface area contributed by atoms with Crippen molar-refractivity contribution in [3.05, 3.63) is 65.7 Å². The molecule has 134 valence electrons. The Labute approximate surface area is 151 Å². The van der Waals surface area contributed by atoms with E-state index in [1.54, 1.807) is 57.2 Å². The van der Waals surface area contributed by atoms with Gasteiger partial charge in [-0.15, -0.1) is 0 Å². The second-order valence-electron chi connectivity index (χ2n) is 6.92. The van der Waals surface area contributed by atoms with E-state index in [2.05, 4.69) is 0 Å². The Morgan fingerprint density at radius 2 is 1.60 bits per heavy atom. The number of aryl methyl sites for hydroxylation is 1. The summed E-state index contributed by atoms with van der Waals surface area (Å²) in [6.07, 6.45) is -1.22. The highest BCUT2D eigenvalue weighted by molar-refractivity contribution is 7.86. The minimum Gasteiger partial charge on any atom is -0.459 e. The van der Waals surface area contributed by atoms with E-state index in [1.165, 1.54) is 0 Å². The highest BCUT2D eigenvalue weighted by atomic mass is 32.2. The lowest BCUT2D eigenvalue weighted by Crippen LogP contribution is -2.38. The number of aliphatic hydroxyl groups is 1. The molecule has 0 fully saturated rings. The Morgan fingerprint density at radius 1 is 1.04 bits per heavy atom. The molecule has 0 aliphatic rings. The number of rotatable bonds is 5. The Morgan fingerprint density at radius 3 is 2.12 bits per heavy atom. The summed E-state index contributed by atoms with van der Waals surface area (Å²) in [5.41, 5.74) is 0.820. The second-order valence-corrected chi connectivity index (χ2v) is 8.49. The lowest BCUT2D eigenvalue weighted by Gasteiger charge is -2.26. The van der Waals surface area contributed by atoms with Gasteiger partial charge in [0.25, 0.3) is 0 Å². The van der Waals surface area contributed by atoms with Crippen LogP contribution in [0.25, 0.3) is 0 Å². The Balaban J connectivity index is 2.39. The van der Waals surface area contributed by atoms with Gasteiger partial charge in [-0.25, -0.2) is 0 Å². The fraction of sp³-hybridized carbons (Fsp3) is 0.350. The van der Waals surface area contributed by atoms with E-state index in [1.807, 2.05) is 25.1 Å². The summed E-state index contributed by atoms with van der Waals surface area (Å²) in [6.45, 7) is 7.15. The topological polar surface area (TPSA) is 63.6 Å². The second kappa shape index (κ2) is 7.93. The molecule has 5 heteroatoms. The van der Waals surface area contributed by atoms with Crippen LogP contribution in [-0.2, 0) is 20.3 Å². The number of hydrogen-bond donors (Lipinski definition) is 1. The molecule has 1 unspecified atom stereocenters. The first-order valence-electron chi connectivity index (χ1n) is 8.12. The highest BCUT2D eigenvalue weighted by Crippen LogP contribution is 2.27. The Kier molecular flexibility index (Phi) is 6.14. The van der Waals surface area contributed by atoms with Gasteiger partial charge in [0.2, 0.25) is 0 Å². The molecule has 1 N–H and O–H groups in total. The molecule has 0 spiro atoms. The third-order valence-electron chi connectivity index (χ3n) is 3.55. The average molecular weight is 360 g/mol. The van der Waals surface area contributed by atoms with Gasteiger partial charge < -0.3 is 9.84 Å². The molecule has 0 radical (unpaired) electrons. The lowest BCUT2D eigenvalue weighted by molar-refractivity contribution is -0.156. The predicted molar refractivity (Wildman–Crippen MR) is 98.6 cm³/mol. The van der Waals surface area contributed by atoms with Gasteiger partial charge in [-0.1, -0.05) is 48.0 Å². The van der Waals surface area contributed by atoms with Crippen LogP contribution in [-0.4, -0.2) is 26.1 Å². The van der Waals surface area contributed by atoms with E-state index in [4.69, 9.17) is 4.74 Å². The summed E-state index contributed by atoms with van der Waals surface area (Å²) in [6, 6.07) is 15.8. The number of esters is 1. The van der Waals surface area contributed by atoms with Crippen LogP contribution in [0.3, 0.4) is 0 Å². The molecule has 0 saturated carbocycles. The van der Waals surface area contributed by atoms with Crippen molar-refractivity contribution in [2.24, 2.45) is 0 Å². The first-order valence-corrected chi connectivity index (χ1v) is 9.33. The van der Waals surface area contributed by atoms with E-state index in [0.717, 1.165) is 5.56 Å². The van der Waals surface area contributed by atoms with Crippen molar-refractivity contribution in [1.29, 1.82) is 0 Å². The molecule has 0 aliphatic carbocycles. The van der Waals surface area contributed by atoms with Crippen LogP contribution in [0.1, 0.15) is 38.0 Å². The van der Waals surface area contributed by atoms with Crippen molar-refractivity contribution in [3.63, 3.8) is 0 Å². The van der Waals surface area contributed by atoms with Gasteiger partial charge in [-0.05, 0) is 45.4 Å². The summed E-state index contributed by atoms with van der Waals surface area (Å²) in [5, 5.41) is 9.54. The molecule has 2 aromatic rings. The first-order chi connectivity index (χ1) is 11.7. The molecular weight excluding hydrogens is 336 g/mol. The summed E-state index contributed by atoms with van der Waals surface area (Å²) in [5.74, 6) is -0.678. The van der Waals surface area contributed by atoms with E-state index in [-0.39, 0.29) is 0 Å². The number of aliphatic hydroxyl groups excluding tert-OH is 1. The van der Waals surface area contributed by atoms with Crippen molar-refractivity contribution in [2.45, 2.75) is 49.5 Å². The average Bonchev–Trinajstić information content (AvgIpc) is 2.54. The van der Waals surface area contributed by atoms with Crippen LogP contribution >= 0.6 is 0 Å². The number of carbonyl (C=O) groups is 1. The van der Waals surface area contributed by atoms with Gasteiger partial charge in [0.1, 0.15) is 11.7 Å². The van der Waals surface area contributed by atoms with Crippen LogP contribution < -0.4 is 0 Å². The summed E-state index contributed by atoms with van der Waals surface area (Å²) < 4.78 is 18.5. The van der Waals surface area contributed by atoms with Gasteiger partial charge in [0.05, 0.1) is 10.8 Å². The number of ether oxygens (including phenoxy) is 1. The van der Waals surface area contributed by atoms with Crippen LogP contribution in [0, 0.1) is 6.92 Å². The molecule has 0 heterocycles. The zero-order chi connectivity index (χ0) is 18.6. The largest absolute Gasteiger partial charge is 0.459 e. The van der Waals surface area contributed by atoms with Crippen LogP contribution in [0.15, 0.2) is 59.5 Å². The molecular formula is C20H24O4S. The first kappa shape index (κ1) is 19.3. The summed E-state index contributed by atoms with van der Waals surface area (Å²) >= 11 is 0. The molecule has 4 nitrogen and oxygen atoms in total. The minimum atomic E-state index is -1.75. The molecule has 0 aliphatic heterocycles. The summed E-state index contributed by atoms with van der Waals surface area (Å²) in [4.78, 5) is 13.2. The van der Waals surface area contributed by atoms with E-state index >= 15 is 0 Å². The monoisotopic (exact) mass is 360 g/mol. The van der Waals surface area contributed by atoms with Crippen LogP contribution in [0.4, 0.5) is 0 Å². The van der Waals surface area contributed by atoms with Gasteiger partial charge >= 0.3 is 5.97 Å². The normalized spacial score (nSPS) is 15.2. The van der Waals surface area contributed by atoms with E-state index in [0.29, 0.717) is 10.5 Å². The predicted octanol–water partition coefficient (Wildman–Crippen LogP) is 3.55. The molecule has 0 amide bonds. The molecule has 25 heavy (non-hydrogen) atoms. The van der Waals surface area contributed by atoms with Crippen molar-refractivity contribution in [3.8, 4) is 0 Å². The number of benzene rings is 2. The third kappa shape index (κ3) is 5.25. The van der Waals surface area contributed by atoms with Gasteiger partial charge in [0.15, 0.2) is 5.25 Å². The van der Waals surface area contributed by atoms with Crippen molar-refractivity contribution in [1.82, 2.24) is 0 Å². The van der Waals surface area contributed by atoms with E-state index in [9.17, 15) is 14.1 Å². The molecule has 2 aromatic carbocycles. The van der Waals surface area contributed by atoms with Gasteiger partial charge in [0, 0.05) is 4.90 Å². The van der Waals surface area contributed by atoms with Crippen molar-refractivity contribution in [2.75, 3.05) is 0 Å². The van der Waals surface area contributed by atoms with E-state index < -0.39 is 33.7 Å². The number of hydrogen-bond acceptors (Lipinski definition) is 4. The maximum atomic E-state index is 13.0. The molecule has 0 aromatic heterocycles. The van der Waals surface area contributed by atoms with Gasteiger partial charge in [-0.2, -0.15) is 0 Å². The SMILES string of the molecule is Cc1ccc(S(=O)[C@H](C(=O)OC(C)(C)C)[C@H](O)c2ccccc2)cc1. The van der Waals surface area contributed by atoms with Crippen LogP contribution in [0.2, 0.25) is 0 Å². The Hall–Kier alpha value is -1.98. The summed E-state index contributed by atoms with van der Waals surface area (Å²) in [7, 11) is -1.75. The number of carbonyl (C=O) groups excluding carboxylic acids is 1. The van der Waals surface area contributed by atoms with Crippen LogP contribution in [0.5, 0.6) is 0 Å². The quantitative estimate of drug-likeness (QED) is 0.828. The highest BCUT2D eigenvalue weighted by Gasteiger charge is 2.37. The fourth-order valence-corrected chi connectivity index (χ4v) is 3.65. The third-order valence-corrected chi connectivity index (χ3v) is 5.20.